The number of hydrogen-bond acceptors (Lipinski definition) is 3. The SMILES string of the molecule is CCOc1ccc(-c2ccc(-c3cc(C)c4cc(C(F)(F)F)ccc4n3)nc2)c(C)c1. The van der Waals surface area contributed by atoms with E-state index in [2.05, 4.69) is 9.97 Å². The summed E-state index contributed by atoms with van der Waals surface area (Å²) in [4.78, 5) is 9.09. The van der Waals surface area contributed by atoms with Gasteiger partial charge in [0.2, 0.25) is 0 Å². The van der Waals surface area contributed by atoms with Gasteiger partial charge in [0.25, 0.3) is 0 Å². The van der Waals surface area contributed by atoms with Gasteiger partial charge in [-0.25, -0.2) is 4.98 Å². The fraction of sp³-hybridized carbons (Fsp3) is 0.200. The number of rotatable bonds is 4. The molecule has 158 valence electrons. The normalized spacial score (nSPS) is 11.7. The van der Waals surface area contributed by atoms with Crippen molar-refractivity contribution in [3.8, 4) is 28.3 Å². The van der Waals surface area contributed by atoms with Crippen LogP contribution < -0.4 is 4.74 Å². The molecule has 4 rings (SSSR count). The number of pyridine rings is 2. The van der Waals surface area contributed by atoms with Gasteiger partial charge in [0.05, 0.1) is 29.1 Å². The minimum absolute atomic E-state index is 0.486. The summed E-state index contributed by atoms with van der Waals surface area (Å²) in [5.41, 5.74) is 4.96. The van der Waals surface area contributed by atoms with Crippen LogP contribution in [-0.2, 0) is 6.18 Å². The Morgan fingerprint density at radius 2 is 1.68 bits per heavy atom. The average molecular weight is 422 g/mol. The van der Waals surface area contributed by atoms with Crippen LogP contribution in [0.5, 0.6) is 5.75 Å². The molecule has 0 spiro atoms. The summed E-state index contributed by atoms with van der Waals surface area (Å²) < 4.78 is 44.6. The van der Waals surface area contributed by atoms with Gasteiger partial charge in [0, 0.05) is 17.1 Å². The molecule has 3 nitrogen and oxygen atoms in total. The monoisotopic (exact) mass is 422 g/mol. The van der Waals surface area contributed by atoms with Crippen LogP contribution in [0.3, 0.4) is 0 Å². The lowest BCUT2D eigenvalue weighted by atomic mass is 10.0. The Balaban J connectivity index is 1.67. The minimum Gasteiger partial charge on any atom is -0.494 e. The molecule has 2 aromatic heterocycles. The van der Waals surface area contributed by atoms with E-state index in [1.807, 2.05) is 44.2 Å². The van der Waals surface area contributed by atoms with Crippen LogP contribution in [0.1, 0.15) is 23.6 Å². The summed E-state index contributed by atoms with van der Waals surface area (Å²) in [6.45, 7) is 6.37. The number of halogens is 3. The van der Waals surface area contributed by atoms with Gasteiger partial charge in [-0.1, -0.05) is 12.1 Å². The van der Waals surface area contributed by atoms with Gasteiger partial charge in [-0.2, -0.15) is 13.2 Å². The third-order valence-corrected chi connectivity index (χ3v) is 5.19. The Morgan fingerprint density at radius 1 is 0.871 bits per heavy atom. The molecule has 0 aliphatic rings. The molecule has 0 bridgehead atoms. The van der Waals surface area contributed by atoms with Gasteiger partial charge in [0.15, 0.2) is 0 Å². The molecule has 4 aromatic rings. The van der Waals surface area contributed by atoms with Crippen LogP contribution in [0.2, 0.25) is 0 Å². The first-order chi connectivity index (χ1) is 14.8. The van der Waals surface area contributed by atoms with Crippen LogP contribution in [0.4, 0.5) is 13.2 Å². The number of aromatic nitrogens is 2. The van der Waals surface area contributed by atoms with E-state index in [1.165, 1.54) is 6.07 Å². The standard InChI is InChI=1S/C25H21F3N2O/c1-4-31-19-7-8-20(15(2)11-19)17-5-9-23(29-14-17)24-12-16(3)21-13-18(25(26,27)28)6-10-22(21)30-24/h5-14H,4H2,1-3H3. The number of benzene rings is 2. The molecule has 0 radical (unpaired) electrons. The van der Waals surface area contributed by atoms with E-state index in [4.69, 9.17) is 4.74 Å². The number of alkyl halides is 3. The molecule has 0 unspecified atom stereocenters. The summed E-state index contributed by atoms with van der Waals surface area (Å²) in [7, 11) is 0. The first-order valence-corrected chi connectivity index (χ1v) is 9.95. The van der Waals surface area contributed by atoms with Crippen molar-refractivity contribution >= 4 is 10.9 Å². The van der Waals surface area contributed by atoms with E-state index in [1.54, 1.807) is 19.2 Å². The third kappa shape index (κ3) is 4.24. The second kappa shape index (κ2) is 8.02. The fourth-order valence-corrected chi connectivity index (χ4v) is 3.62. The lowest BCUT2D eigenvalue weighted by Gasteiger charge is -2.11. The zero-order valence-electron chi connectivity index (χ0n) is 17.4. The highest BCUT2D eigenvalue weighted by atomic mass is 19.4. The molecule has 0 aliphatic heterocycles. The van der Waals surface area contributed by atoms with Gasteiger partial charge >= 0.3 is 6.18 Å². The quantitative estimate of drug-likeness (QED) is 0.355. The van der Waals surface area contributed by atoms with Crippen molar-refractivity contribution in [2.45, 2.75) is 26.9 Å². The molecule has 31 heavy (non-hydrogen) atoms. The minimum atomic E-state index is -4.38. The highest BCUT2D eigenvalue weighted by Crippen LogP contribution is 2.33. The predicted molar refractivity (Wildman–Crippen MR) is 116 cm³/mol. The van der Waals surface area contributed by atoms with Gasteiger partial charge in [-0.3, -0.25) is 4.98 Å². The van der Waals surface area contributed by atoms with Crippen molar-refractivity contribution in [2.75, 3.05) is 6.61 Å². The fourth-order valence-electron chi connectivity index (χ4n) is 3.62. The molecule has 2 heterocycles. The number of hydrogen-bond donors (Lipinski definition) is 0. The van der Waals surface area contributed by atoms with Crippen molar-refractivity contribution < 1.29 is 17.9 Å². The Hall–Kier alpha value is -3.41. The van der Waals surface area contributed by atoms with Crippen molar-refractivity contribution in [3.63, 3.8) is 0 Å². The molecule has 0 fully saturated rings. The van der Waals surface area contributed by atoms with Gasteiger partial charge in [-0.15, -0.1) is 0 Å². The summed E-state index contributed by atoms with van der Waals surface area (Å²) >= 11 is 0. The van der Waals surface area contributed by atoms with E-state index in [-0.39, 0.29) is 0 Å². The molecular formula is C25H21F3N2O. The Bertz CT molecular complexity index is 1250. The van der Waals surface area contributed by atoms with E-state index in [0.29, 0.717) is 28.9 Å². The van der Waals surface area contributed by atoms with Crippen LogP contribution in [0, 0.1) is 13.8 Å². The molecule has 0 amide bonds. The van der Waals surface area contributed by atoms with Crippen LogP contribution in [0.25, 0.3) is 33.4 Å². The number of fused-ring (bicyclic) bond motifs is 1. The number of ether oxygens (including phenoxy) is 1. The van der Waals surface area contributed by atoms with E-state index in [9.17, 15) is 13.2 Å². The topological polar surface area (TPSA) is 35.0 Å². The Labute approximate surface area is 178 Å². The number of aryl methyl sites for hydroxylation is 2. The summed E-state index contributed by atoms with van der Waals surface area (Å²) in [5, 5.41) is 0.486. The summed E-state index contributed by atoms with van der Waals surface area (Å²) in [6, 6.07) is 15.2. The maximum Gasteiger partial charge on any atom is 0.416 e. The van der Waals surface area contributed by atoms with Crippen LogP contribution in [-0.4, -0.2) is 16.6 Å². The lowest BCUT2D eigenvalue weighted by Crippen LogP contribution is -2.04. The van der Waals surface area contributed by atoms with E-state index < -0.39 is 11.7 Å². The first-order valence-electron chi connectivity index (χ1n) is 9.95. The average Bonchev–Trinajstić information content (AvgIpc) is 2.73. The second-order valence-electron chi connectivity index (χ2n) is 7.40. The lowest BCUT2D eigenvalue weighted by molar-refractivity contribution is -0.137. The molecule has 0 saturated heterocycles. The third-order valence-electron chi connectivity index (χ3n) is 5.19. The molecule has 2 aromatic carbocycles. The molecule has 0 atom stereocenters. The maximum atomic E-state index is 13.0. The first kappa shape index (κ1) is 20.8. The number of nitrogens with zero attached hydrogens (tertiary/aromatic N) is 2. The van der Waals surface area contributed by atoms with Crippen molar-refractivity contribution in [1.29, 1.82) is 0 Å². The van der Waals surface area contributed by atoms with E-state index in [0.717, 1.165) is 40.1 Å². The van der Waals surface area contributed by atoms with Crippen molar-refractivity contribution in [2.24, 2.45) is 0 Å². The van der Waals surface area contributed by atoms with Gasteiger partial charge < -0.3 is 4.74 Å². The molecule has 6 heteroatoms. The largest absolute Gasteiger partial charge is 0.494 e. The smallest absolute Gasteiger partial charge is 0.416 e. The summed E-state index contributed by atoms with van der Waals surface area (Å²) in [6.07, 6.45) is -2.60. The highest BCUT2D eigenvalue weighted by molar-refractivity contribution is 5.85. The molecular weight excluding hydrogens is 401 g/mol. The second-order valence-corrected chi connectivity index (χ2v) is 7.40. The van der Waals surface area contributed by atoms with E-state index >= 15 is 0 Å². The van der Waals surface area contributed by atoms with Crippen LogP contribution >= 0.6 is 0 Å². The maximum absolute atomic E-state index is 13.0. The van der Waals surface area contributed by atoms with Crippen LogP contribution in [0.15, 0.2) is 60.8 Å². The zero-order chi connectivity index (χ0) is 22.2. The molecule has 0 aliphatic carbocycles. The molecule has 0 saturated carbocycles. The van der Waals surface area contributed by atoms with Crippen molar-refractivity contribution in [1.82, 2.24) is 9.97 Å². The van der Waals surface area contributed by atoms with Gasteiger partial charge in [-0.05, 0) is 79.9 Å². The van der Waals surface area contributed by atoms with Crippen molar-refractivity contribution in [3.05, 3.63) is 77.5 Å². The predicted octanol–water partition coefficient (Wildman–Crippen LogP) is 7.00. The highest BCUT2D eigenvalue weighted by Gasteiger charge is 2.30. The molecule has 0 N–H and O–H groups in total. The summed E-state index contributed by atoms with van der Waals surface area (Å²) in [5.74, 6) is 0.831. The van der Waals surface area contributed by atoms with Gasteiger partial charge in [0.1, 0.15) is 5.75 Å². The zero-order valence-corrected chi connectivity index (χ0v) is 17.4. The Kier molecular flexibility index (Phi) is 5.39. The Morgan fingerprint density at radius 3 is 2.32 bits per heavy atom.